The zero-order valence-corrected chi connectivity index (χ0v) is 12.7. The third kappa shape index (κ3) is 4.69. The van der Waals surface area contributed by atoms with E-state index in [-0.39, 0.29) is 24.5 Å². The summed E-state index contributed by atoms with van der Waals surface area (Å²) >= 11 is 0. The first-order valence-corrected chi connectivity index (χ1v) is 7.76. The molecule has 0 bridgehead atoms. The molecular weight excluding hydrogens is 298 g/mol. The third-order valence-electron chi connectivity index (χ3n) is 2.97. The average Bonchev–Trinajstić information content (AvgIpc) is 2.45. The predicted molar refractivity (Wildman–Crippen MR) is 75.7 cm³/mol. The molecule has 1 aromatic carbocycles. The van der Waals surface area contributed by atoms with Crippen LogP contribution in [0.5, 0.6) is 5.75 Å². The minimum absolute atomic E-state index is 0.0167. The first-order chi connectivity index (χ1) is 9.78. The molecule has 21 heavy (non-hydrogen) atoms. The fourth-order valence-electron chi connectivity index (χ4n) is 1.48. The number of benzene rings is 1. The number of carboxylic acid groups (broad SMARTS) is 1. The SMILES string of the molecule is CC(CO)N(C)S(=O)(=O)c1ccc(OCCC(=O)O)cc1. The fourth-order valence-corrected chi connectivity index (χ4v) is 2.84. The Labute approximate surface area is 123 Å². The van der Waals surface area contributed by atoms with Crippen molar-refractivity contribution in [2.45, 2.75) is 24.3 Å². The van der Waals surface area contributed by atoms with Gasteiger partial charge in [0.1, 0.15) is 5.75 Å². The minimum atomic E-state index is -3.68. The lowest BCUT2D eigenvalue weighted by Gasteiger charge is -2.22. The zero-order chi connectivity index (χ0) is 16.0. The second kappa shape index (κ2) is 7.39. The van der Waals surface area contributed by atoms with E-state index in [0.29, 0.717) is 5.75 Å². The second-order valence-corrected chi connectivity index (χ2v) is 6.51. The summed E-state index contributed by atoms with van der Waals surface area (Å²) in [6, 6.07) is 5.16. The van der Waals surface area contributed by atoms with Crippen LogP contribution in [0.2, 0.25) is 0 Å². The Morgan fingerprint density at radius 2 is 1.90 bits per heavy atom. The molecule has 1 atom stereocenters. The molecule has 8 heteroatoms. The number of aliphatic hydroxyl groups is 1. The Morgan fingerprint density at radius 1 is 1.33 bits per heavy atom. The van der Waals surface area contributed by atoms with Crippen molar-refractivity contribution in [2.24, 2.45) is 0 Å². The van der Waals surface area contributed by atoms with Gasteiger partial charge in [0, 0.05) is 13.1 Å². The van der Waals surface area contributed by atoms with Crippen LogP contribution in [-0.2, 0) is 14.8 Å². The van der Waals surface area contributed by atoms with Gasteiger partial charge in [-0.3, -0.25) is 4.79 Å². The molecule has 0 aromatic heterocycles. The van der Waals surface area contributed by atoms with Gasteiger partial charge in [0.15, 0.2) is 0 Å². The number of nitrogens with zero attached hydrogens (tertiary/aromatic N) is 1. The van der Waals surface area contributed by atoms with Crippen LogP contribution in [0.1, 0.15) is 13.3 Å². The van der Waals surface area contributed by atoms with E-state index in [9.17, 15) is 13.2 Å². The summed E-state index contributed by atoms with van der Waals surface area (Å²) in [6.07, 6.45) is -0.128. The number of likely N-dealkylation sites (N-methyl/N-ethyl adjacent to an activating group) is 1. The van der Waals surface area contributed by atoms with E-state index in [4.69, 9.17) is 14.9 Å². The van der Waals surface area contributed by atoms with Gasteiger partial charge in [0.05, 0.1) is 24.5 Å². The highest BCUT2D eigenvalue weighted by atomic mass is 32.2. The lowest BCUT2D eigenvalue weighted by molar-refractivity contribution is -0.137. The molecule has 1 rings (SSSR count). The predicted octanol–water partition coefficient (Wildman–Crippen LogP) is 0.541. The van der Waals surface area contributed by atoms with E-state index < -0.39 is 22.0 Å². The van der Waals surface area contributed by atoms with Gasteiger partial charge in [-0.05, 0) is 31.2 Å². The number of sulfonamides is 1. The lowest BCUT2D eigenvalue weighted by Crippen LogP contribution is -2.37. The third-order valence-corrected chi connectivity index (χ3v) is 4.96. The van der Waals surface area contributed by atoms with Gasteiger partial charge in [-0.2, -0.15) is 4.31 Å². The topological polar surface area (TPSA) is 104 Å². The minimum Gasteiger partial charge on any atom is -0.493 e. The van der Waals surface area contributed by atoms with Crippen LogP contribution in [0.4, 0.5) is 0 Å². The number of hydrogen-bond acceptors (Lipinski definition) is 5. The molecule has 0 aliphatic carbocycles. The van der Waals surface area contributed by atoms with E-state index >= 15 is 0 Å². The maximum Gasteiger partial charge on any atom is 0.306 e. The highest BCUT2D eigenvalue weighted by Gasteiger charge is 2.24. The standard InChI is InChI=1S/C13H19NO6S/c1-10(9-15)14(2)21(18,19)12-5-3-11(4-6-12)20-8-7-13(16)17/h3-6,10,15H,7-9H2,1-2H3,(H,16,17). The molecule has 118 valence electrons. The van der Waals surface area contributed by atoms with Crippen LogP contribution in [0.25, 0.3) is 0 Å². The molecule has 0 aliphatic rings. The number of carbonyl (C=O) groups is 1. The monoisotopic (exact) mass is 317 g/mol. The Balaban J connectivity index is 2.79. The summed E-state index contributed by atoms with van der Waals surface area (Å²) in [6.45, 7) is 1.34. The largest absolute Gasteiger partial charge is 0.493 e. The number of rotatable bonds is 8. The molecule has 1 aromatic rings. The van der Waals surface area contributed by atoms with Crippen LogP contribution in [-0.4, -0.2) is 55.2 Å². The van der Waals surface area contributed by atoms with Crippen LogP contribution in [0, 0.1) is 0 Å². The molecule has 0 saturated heterocycles. The van der Waals surface area contributed by atoms with Gasteiger partial charge in [0.2, 0.25) is 10.0 Å². The van der Waals surface area contributed by atoms with Crippen molar-refractivity contribution in [3.05, 3.63) is 24.3 Å². The Bertz CT molecular complexity index is 569. The Morgan fingerprint density at radius 3 is 2.38 bits per heavy atom. The van der Waals surface area contributed by atoms with Crippen molar-refractivity contribution < 1.29 is 28.2 Å². The van der Waals surface area contributed by atoms with Gasteiger partial charge in [-0.25, -0.2) is 8.42 Å². The van der Waals surface area contributed by atoms with E-state index in [0.717, 1.165) is 4.31 Å². The summed E-state index contributed by atoms with van der Waals surface area (Å²) in [5, 5.41) is 17.5. The van der Waals surface area contributed by atoms with Crippen molar-refractivity contribution in [1.82, 2.24) is 4.31 Å². The molecule has 0 heterocycles. The smallest absolute Gasteiger partial charge is 0.306 e. The fraction of sp³-hybridized carbons (Fsp3) is 0.462. The van der Waals surface area contributed by atoms with Crippen molar-refractivity contribution in [2.75, 3.05) is 20.3 Å². The van der Waals surface area contributed by atoms with Crippen LogP contribution in [0.15, 0.2) is 29.2 Å². The summed E-state index contributed by atoms with van der Waals surface area (Å²) in [5.74, 6) is -0.568. The van der Waals surface area contributed by atoms with Crippen molar-refractivity contribution in [1.29, 1.82) is 0 Å². The van der Waals surface area contributed by atoms with E-state index in [2.05, 4.69) is 0 Å². The number of carboxylic acids is 1. The molecule has 0 spiro atoms. The summed E-state index contributed by atoms with van der Waals surface area (Å²) in [4.78, 5) is 10.4. The van der Waals surface area contributed by atoms with Crippen molar-refractivity contribution in [3.63, 3.8) is 0 Å². The Hall–Kier alpha value is -1.64. The molecular formula is C13H19NO6S. The summed E-state index contributed by atoms with van der Waals surface area (Å²) in [5.41, 5.74) is 0. The van der Waals surface area contributed by atoms with Crippen LogP contribution in [0.3, 0.4) is 0 Å². The van der Waals surface area contributed by atoms with E-state index in [1.54, 1.807) is 6.92 Å². The molecule has 1 unspecified atom stereocenters. The Kier molecular flexibility index (Phi) is 6.13. The maximum absolute atomic E-state index is 12.2. The van der Waals surface area contributed by atoms with Crippen molar-refractivity contribution >= 4 is 16.0 Å². The van der Waals surface area contributed by atoms with Crippen LogP contribution < -0.4 is 4.74 Å². The number of ether oxygens (including phenoxy) is 1. The van der Waals surface area contributed by atoms with E-state index in [1.807, 2.05) is 0 Å². The van der Waals surface area contributed by atoms with Gasteiger partial charge >= 0.3 is 5.97 Å². The van der Waals surface area contributed by atoms with Gasteiger partial charge in [0.25, 0.3) is 0 Å². The quantitative estimate of drug-likeness (QED) is 0.725. The number of hydrogen-bond donors (Lipinski definition) is 2. The average molecular weight is 317 g/mol. The summed E-state index contributed by atoms with van der Waals surface area (Å²) < 4.78 is 30.8. The van der Waals surface area contributed by atoms with Crippen molar-refractivity contribution in [3.8, 4) is 5.75 Å². The second-order valence-electron chi connectivity index (χ2n) is 4.52. The number of aliphatic hydroxyl groups excluding tert-OH is 1. The summed E-state index contributed by atoms with van der Waals surface area (Å²) in [7, 11) is -2.28. The maximum atomic E-state index is 12.2. The molecule has 2 N–H and O–H groups in total. The van der Waals surface area contributed by atoms with Gasteiger partial charge < -0.3 is 14.9 Å². The van der Waals surface area contributed by atoms with Gasteiger partial charge in [-0.1, -0.05) is 0 Å². The highest BCUT2D eigenvalue weighted by Crippen LogP contribution is 2.20. The molecule has 0 saturated carbocycles. The highest BCUT2D eigenvalue weighted by molar-refractivity contribution is 7.89. The van der Waals surface area contributed by atoms with Gasteiger partial charge in [-0.15, -0.1) is 0 Å². The molecule has 0 aliphatic heterocycles. The van der Waals surface area contributed by atoms with Crippen LogP contribution >= 0.6 is 0 Å². The molecule has 0 fully saturated rings. The first kappa shape index (κ1) is 17.4. The van der Waals surface area contributed by atoms with E-state index in [1.165, 1.54) is 31.3 Å². The molecule has 0 amide bonds. The zero-order valence-electron chi connectivity index (χ0n) is 11.9. The number of aliphatic carboxylic acids is 1. The molecule has 0 radical (unpaired) electrons. The molecule has 7 nitrogen and oxygen atoms in total. The lowest BCUT2D eigenvalue weighted by atomic mass is 10.3. The normalized spacial score (nSPS) is 13.1. The first-order valence-electron chi connectivity index (χ1n) is 6.32.